The number of para-hydroxylation sites is 1. The van der Waals surface area contributed by atoms with Gasteiger partial charge in [-0.25, -0.2) is 0 Å². The molecule has 3 heteroatoms. The number of rotatable bonds is 5. The second-order valence-corrected chi connectivity index (χ2v) is 5.00. The van der Waals surface area contributed by atoms with Crippen molar-refractivity contribution in [2.24, 2.45) is 5.92 Å². The van der Waals surface area contributed by atoms with E-state index >= 15 is 0 Å². The highest BCUT2D eigenvalue weighted by Crippen LogP contribution is 2.22. The highest BCUT2D eigenvalue weighted by atomic mass is 16.1. The third-order valence-corrected chi connectivity index (χ3v) is 3.21. The molecule has 0 radical (unpaired) electrons. The molecule has 1 atom stereocenters. The van der Waals surface area contributed by atoms with Crippen LogP contribution in [0.15, 0.2) is 24.3 Å². The van der Waals surface area contributed by atoms with E-state index in [4.69, 9.17) is 0 Å². The fourth-order valence-electron chi connectivity index (χ4n) is 2.48. The summed E-state index contributed by atoms with van der Waals surface area (Å²) in [6, 6.07) is 8.30. The van der Waals surface area contributed by atoms with Gasteiger partial charge in [-0.3, -0.25) is 4.68 Å². The number of nitrogens with zero attached hydrogens (tertiary/aromatic N) is 2. The standard InChI is InChI=1S/C15H20N2O/c1-4-17-15-8-6-5-7-13(15)14(16-17)10-11(2)9-12(3)18/h5-8,11H,4,9-10H2,1-3H3. The van der Waals surface area contributed by atoms with Crippen LogP contribution in [0.3, 0.4) is 0 Å². The molecule has 2 rings (SSSR count). The molecule has 96 valence electrons. The van der Waals surface area contributed by atoms with Gasteiger partial charge in [-0.05, 0) is 32.3 Å². The second-order valence-electron chi connectivity index (χ2n) is 5.00. The van der Waals surface area contributed by atoms with Crippen LogP contribution in [0, 0.1) is 5.92 Å². The van der Waals surface area contributed by atoms with Gasteiger partial charge in [0.25, 0.3) is 0 Å². The summed E-state index contributed by atoms with van der Waals surface area (Å²) >= 11 is 0. The number of carbonyl (C=O) groups excluding carboxylic acids is 1. The lowest BCUT2D eigenvalue weighted by molar-refractivity contribution is -0.117. The Morgan fingerprint density at radius 2 is 2.11 bits per heavy atom. The zero-order chi connectivity index (χ0) is 13.1. The molecular formula is C15H20N2O. The van der Waals surface area contributed by atoms with Crippen LogP contribution in [0.4, 0.5) is 0 Å². The molecule has 0 aliphatic heterocycles. The zero-order valence-corrected chi connectivity index (χ0v) is 11.3. The Labute approximate surface area is 108 Å². The van der Waals surface area contributed by atoms with E-state index in [2.05, 4.69) is 31.1 Å². The Morgan fingerprint density at radius 1 is 1.39 bits per heavy atom. The maximum Gasteiger partial charge on any atom is 0.130 e. The Morgan fingerprint density at radius 3 is 2.78 bits per heavy atom. The van der Waals surface area contributed by atoms with E-state index in [0.717, 1.165) is 18.7 Å². The molecule has 0 spiro atoms. The minimum atomic E-state index is 0.252. The first-order valence-electron chi connectivity index (χ1n) is 6.55. The monoisotopic (exact) mass is 244 g/mol. The van der Waals surface area contributed by atoms with Gasteiger partial charge in [-0.1, -0.05) is 25.1 Å². The fourth-order valence-corrected chi connectivity index (χ4v) is 2.48. The fraction of sp³-hybridized carbons (Fsp3) is 0.467. The van der Waals surface area contributed by atoms with E-state index in [-0.39, 0.29) is 5.78 Å². The first-order valence-corrected chi connectivity index (χ1v) is 6.55. The van der Waals surface area contributed by atoms with Crippen LogP contribution >= 0.6 is 0 Å². The number of Topliss-reactive ketones (excluding diaryl/α,β-unsaturated/α-hetero) is 1. The van der Waals surface area contributed by atoms with Crippen molar-refractivity contribution in [3.63, 3.8) is 0 Å². The lowest BCUT2D eigenvalue weighted by Crippen LogP contribution is -2.06. The van der Waals surface area contributed by atoms with Crippen LogP contribution in [-0.2, 0) is 17.8 Å². The van der Waals surface area contributed by atoms with Crippen molar-refractivity contribution >= 4 is 16.7 Å². The number of hydrogen-bond donors (Lipinski definition) is 0. The van der Waals surface area contributed by atoms with Gasteiger partial charge in [0.1, 0.15) is 5.78 Å². The number of hydrogen-bond acceptors (Lipinski definition) is 2. The number of carbonyl (C=O) groups is 1. The van der Waals surface area contributed by atoms with Crippen molar-refractivity contribution in [1.29, 1.82) is 0 Å². The first kappa shape index (κ1) is 12.8. The predicted molar refractivity (Wildman–Crippen MR) is 73.6 cm³/mol. The van der Waals surface area contributed by atoms with Crippen molar-refractivity contribution in [2.75, 3.05) is 0 Å². The van der Waals surface area contributed by atoms with Crippen molar-refractivity contribution in [2.45, 2.75) is 40.2 Å². The number of fused-ring (bicyclic) bond motifs is 1. The lowest BCUT2D eigenvalue weighted by Gasteiger charge is -2.06. The Balaban J connectivity index is 2.30. The van der Waals surface area contributed by atoms with Gasteiger partial charge in [-0.2, -0.15) is 5.10 Å². The van der Waals surface area contributed by atoms with Crippen LogP contribution in [0.2, 0.25) is 0 Å². The van der Waals surface area contributed by atoms with E-state index in [1.807, 2.05) is 16.8 Å². The molecule has 1 aromatic carbocycles. The van der Waals surface area contributed by atoms with Gasteiger partial charge in [0.05, 0.1) is 11.2 Å². The number of aromatic nitrogens is 2. The Hall–Kier alpha value is -1.64. The molecule has 3 nitrogen and oxygen atoms in total. The first-order chi connectivity index (χ1) is 8.61. The van der Waals surface area contributed by atoms with E-state index in [1.165, 1.54) is 10.9 Å². The topological polar surface area (TPSA) is 34.9 Å². The van der Waals surface area contributed by atoms with Crippen LogP contribution < -0.4 is 0 Å². The highest BCUT2D eigenvalue weighted by molar-refractivity contribution is 5.82. The average molecular weight is 244 g/mol. The molecule has 0 aliphatic carbocycles. The zero-order valence-electron chi connectivity index (χ0n) is 11.3. The third kappa shape index (κ3) is 2.61. The molecule has 1 aromatic heterocycles. The van der Waals surface area contributed by atoms with Crippen molar-refractivity contribution in [3.8, 4) is 0 Å². The summed E-state index contributed by atoms with van der Waals surface area (Å²) in [7, 11) is 0. The van der Waals surface area contributed by atoms with Crippen molar-refractivity contribution < 1.29 is 4.79 Å². The van der Waals surface area contributed by atoms with Crippen LogP contribution in [0.1, 0.15) is 32.9 Å². The maximum absolute atomic E-state index is 11.1. The predicted octanol–water partition coefficient (Wildman–Crippen LogP) is 3.21. The number of aryl methyl sites for hydroxylation is 1. The second kappa shape index (κ2) is 5.34. The Kier molecular flexibility index (Phi) is 3.80. The molecule has 1 unspecified atom stereocenters. The molecule has 1 heterocycles. The van der Waals surface area contributed by atoms with Crippen LogP contribution in [0.25, 0.3) is 10.9 Å². The van der Waals surface area contributed by atoms with Crippen LogP contribution in [0.5, 0.6) is 0 Å². The smallest absolute Gasteiger partial charge is 0.130 e. The average Bonchev–Trinajstić information content (AvgIpc) is 2.67. The lowest BCUT2D eigenvalue weighted by atomic mass is 9.98. The molecule has 0 amide bonds. The largest absolute Gasteiger partial charge is 0.300 e. The highest BCUT2D eigenvalue weighted by Gasteiger charge is 2.13. The van der Waals surface area contributed by atoms with Gasteiger partial charge < -0.3 is 4.79 Å². The molecule has 2 aromatic rings. The summed E-state index contributed by atoms with van der Waals surface area (Å²) in [5.74, 6) is 0.604. The molecule has 0 N–H and O–H groups in total. The minimum Gasteiger partial charge on any atom is -0.300 e. The quantitative estimate of drug-likeness (QED) is 0.809. The molecule has 0 saturated carbocycles. The summed E-state index contributed by atoms with van der Waals surface area (Å²) in [6.07, 6.45) is 1.50. The van der Waals surface area contributed by atoms with Crippen molar-refractivity contribution in [3.05, 3.63) is 30.0 Å². The van der Waals surface area contributed by atoms with E-state index in [9.17, 15) is 4.79 Å². The molecule has 0 aliphatic rings. The van der Waals surface area contributed by atoms with Crippen molar-refractivity contribution in [1.82, 2.24) is 9.78 Å². The van der Waals surface area contributed by atoms with E-state index in [1.54, 1.807) is 6.92 Å². The molecule has 0 saturated heterocycles. The summed E-state index contributed by atoms with van der Waals surface area (Å²) in [6.45, 7) is 6.74. The molecule has 18 heavy (non-hydrogen) atoms. The maximum atomic E-state index is 11.1. The number of ketones is 1. The van der Waals surface area contributed by atoms with Gasteiger partial charge >= 0.3 is 0 Å². The normalized spacial score (nSPS) is 12.8. The third-order valence-electron chi connectivity index (χ3n) is 3.21. The summed E-state index contributed by atoms with van der Waals surface area (Å²) in [5.41, 5.74) is 2.30. The van der Waals surface area contributed by atoms with Gasteiger partial charge in [0, 0.05) is 18.4 Å². The summed E-state index contributed by atoms with van der Waals surface area (Å²) < 4.78 is 2.03. The number of benzene rings is 1. The van der Waals surface area contributed by atoms with Gasteiger partial charge in [0.15, 0.2) is 0 Å². The summed E-state index contributed by atoms with van der Waals surface area (Å²) in [5, 5.41) is 5.88. The van der Waals surface area contributed by atoms with E-state index in [0.29, 0.717) is 12.3 Å². The molecule has 0 bridgehead atoms. The minimum absolute atomic E-state index is 0.252. The van der Waals surface area contributed by atoms with E-state index < -0.39 is 0 Å². The molecule has 0 fully saturated rings. The summed E-state index contributed by atoms with van der Waals surface area (Å²) in [4.78, 5) is 11.1. The SMILES string of the molecule is CCn1nc(CC(C)CC(C)=O)c2ccccc21. The van der Waals surface area contributed by atoms with Crippen LogP contribution in [-0.4, -0.2) is 15.6 Å². The molecular weight excluding hydrogens is 224 g/mol. The van der Waals surface area contributed by atoms with Gasteiger partial charge in [0.2, 0.25) is 0 Å². The Bertz CT molecular complexity index is 557. The van der Waals surface area contributed by atoms with Gasteiger partial charge in [-0.15, -0.1) is 0 Å².